The fourth-order valence-corrected chi connectivity index (χ4v) is 6.51. The molecule has 290 valence electrons. The molecule has 7 atom stereocenters. The van der Waals surface area contributed by atoms with E-state index in [9.17, 15) is 30.3 Å². The minimum Gasteiger partial charge on any atom is -0.394 e. The van der Waals surface area contributed by atoms with Crippen LogP contribution < -0.4 is 5.32 Å². The highest BCUT2D eigenvalue weighted by molar-refractivity contribution is 5.76. The van der Waals surface area contributed by atoms with Crippen molar-refractivity contribution in [2.75, 3.05) is 13.2 Å². The summed E-state index contributed by atoms with van der Waals surface area (Å²) < 4.78 is 11.1. The summed E-state index contributed by atoms with van der Waals surface area (Å²) in [4.78, 5) is 12.6. The van der Waals surface area contributed by atoms with Gasteiger partial charge in [-0.05, 0) is 19.3 Å². The maximum Gasteiger partial charge on any atom is 0.220 e. The fourth-order valence-electron chi connectivity index (χ4n) is 6.51. The largest absolute Gasteiger partial charge is 0.394 e. The molecule has 1 saturated heterocycles. The summed E-state index contributed by atoms with van der Waals surface area (Å²) in [6.07, 6.45) is 27.6. The molecule has 0 aromatic rings. The molecule has 7 unspecified atom stereocenters. The van der Waals surface area contributed by atoms with Crippen molar-refractivity contribution in [1.29, 1.82) is 0 Å². The second kappa shape index (κ2) is 31.6. The number of hydrogen-bond acceptors (Lipinski definition) is 8. The third-order valence-corrected chi connectivity index (χ3v) is 9.86. The van der Waals surface area contributed by atoms with Crippen molar-refractivity contribution in [2.45, 2.75) is 224 Å². The highest BCUT2D eigenvalue weighted by Crippen LogP contribution is 2.22. The Bertz CT molecular complexity index is 781. The van der Waals surface area contributed by atoms with E-state index in [-0.39, 0.29) is 12.5 Å². The van der Waals surface area contributed by atoms with Crippen molar-refractivity contribution >= 4 is 5.91 Å². The zero-order valence-corrected chi connectivity index (χ0v) is 31.5. The molecular formula is C40H77NO8. The first-order valence-corrected chi connectivity index (χ1v) is 20.4. The van der Waals surface area contributed by atoms with Gasteiger partial charge in [-0.2, -0.15) is 0 Å². The van der Waals surface area contributed by atoms with E-state index in [4.69, 9.17) is 9.47 Å². The Morgan fingerprint density at radius 1 is 0.673 bits per heavy atom. The average molecular weight is 700 g/mol. The van der Waals surface area contributed by atoms with Crippen molar-refractivity contribution < 1.29 is 39.8 Å². The van der Waals surface area contributed by atoms with Gasteiger partial charge in [-0.1, -0.05) is 167 Å². The number of aliphatic hydroxyl groups excluding tert-OH is 5. The summed E-state index contributed by atoms with van der Waals surface area (Å²) in [5.74, 6) is -0.194. The molecule has 9 heteroatoms. The number of rotatable bonds is 33. The van der Waals surface area contributed by atoms with Crippen LogP contribution in [0.2, 0.25) is 0 Å². The van der Waals surface area contributed by atoms with Crippen molar-refractivity contribution in [2.24, 2.45) is 0 Å². The number of unbranched alkanes of at least 4 members (excludes halogenated alkanes) is 23. The summed E-state index contributed by atoms with van der Waals surface area (Å²) in [6, 6.07) is -0.794. The van der Waals surface area contributed by atoms with E-state index in [2.05, 4.69) is 19.2 Å². The molecule has 1 amide bonds. The summed E-state index contributed by atoms with van der Waals surface area (Å²) in [5, 5.41) is 53.6. The molecule has 0 aromatic heterocycles. The van der Waals surface area contributed by atoms with E-state index >= 15 is 0 Å². The van der Waals surface area contributed by atoms with Gasteiger partial charge in [0.25, 0.3) is 0 Å². The molecule has 6 N–H and O–H groups in total. The molecule has 0 radical (unpaired) electrons. The lowest BCUT2D eigenvalue weighted by atomic mass is 9.99. The van der Waals surface area contributed by atoms with Crippen LogP contribution in [0.4, 0.5) is 0 Å². The molecule has 1 heterocycles. The molecule has 1 fully saturated rings. The number of nitrogens with one attached hydrogen (secondary N) is 1. The standard InChI is InChI=1S/C40H77NO8/c1-3-5-7-9-10-11-12-13-14-15-16-17-18-19-20-21-22-23-24-25-26-27-29-34(43)33(41-36(44)30-28-8-6-4-2)32-48-40-39(47)38(46)37(45)35(31-42)49-40/h27,29,33-35,37-40,42-43,45-47H,3-26,28,30-32H2,1-2H3,(H,41,44)/b29-27+. The topological polar surface area (TPSA) is 149 Å². The van der Waals surface area contributed by atoms with Gasteiger partial charge in [0, 0.05) is 6.42 Å². The summed E-state index contributed by atoms with van der Waals surface area (Å²) in [5.41, 5.74) is 0. The molecule has 9 nitrogen and oxygen atoms in total. The number of hydrogen-bond donors (Lipinski definition) is 6. The van der Waals surface area contributed by atoms with Crippen LogP contribution in [0.15, 0.2) is 12.2 Å². The number of carbonyl (C=O) groups is 1. The first kappa shape index (κ1) is 46.0. The van der Waals surface area contributed by atoms with Gasteiger partial charge in [0.2, 0.25) is 5.91 Å². The predicted octanol–water partition coefficient (Wildman–Crippen LogP) is 7.39. The van der Waals surface area contributed by atoms with E-state index in [0.29, 0.717) is 6.42 Å². The number of amides is 1. The van der Waals surface area contributed by atoms with E-state index in [0.717, 1.165) is 44.9 Å². The first-order chi connectivity index (χ1) is 23.8. The van der Waals surface area contributed by atoms with Crippen molar-refractivity contribution in [3.8, 4) is 0 Å². The molecule has 1 rings (SSSR count). The van der Waals surface area contributed by atoms with Gasteiger partial charge in [0.1, 0.15) is 24.4 Å². The number of aliphatic hydroxyl groups is 5. The second-order valence-electron chi connectivity index (χ2n) is 14.4. The van der Waals surface area contributed by atoms with Crippen LogP contribution in [0.1, 0.15) is 181 Å². The molecule has 0 saturated carbocycles. The van der Waals surface area contributed by atoms with Gasteiger partial charge in [-0.15, -0.1) is 0 Å². The Balaban J connectivity index is 2.22. The van der Waals surface area contributed by atoms with Gasteiger partial charge >= 0.3 is 0 Å². The third kappa shape index (κ3) is 23.2. The zero-order chi connectivity index (χ0) is 36.0. The molecular weight excluding hydrogens is 622 g/mol. The van der Waals surface area contributed by atoms with E-state index in [1.54, 1.807) is 6.08 Å². The van der Waals surface area contributed by atoms with Crippen LogP contribution in [-0.4, -0.2) is 87.5 Å². The minimum absolute atomic E-state index is 0.186. The Morgan fingerprint density at radius 3 is 1.59 bits per heavy atom. The normalized spacial score (nSPS) is 22.5. The summed E-state index contributed by atoms with van der Waals surface area (Å²) >= 11 is 0. The van der Waals surface area contributed by atoms with Gasteiger partial charge < -0.3 is 40.3 Å². The number of ether oxygens (including phenoxy) is 2. The van der Waals surface area contributed by atoms with Gasteiger partial charge in [0.05, 0.1) is 25.4 Å². The van der Waals surface area contributed by atoms with Gasteiger partial charge in [0.15, 0.2) is 6.29 Å². The molecule has 49 heavy (non-hydrogen) atoms. The number of allylic oxidation sites excluding steroid dienone is 1. The van der Waals surface area contributed by atoms with E-state index in [1.165, 1.54) is 116 Å². The Morgan fingerprint density at radius 2 is 1.12 bits per heavy atom. The maximum atomic E-state index is 12.6. The minimum atomic E-state index is -1.56. The van der Waals surface area contributed by atoms with Crippen LogP contribution in [0.5, 0.6) is 0 Å². The van der Waals surface area contributed by atoms with Crippen LogP contribution in [0.3, 0.4) is 0 Å². The van der Waals surface area contributed by atoms with E-state index in [1.807, 2.05) is 6.08 Å². The van der Waals surface area contributed by atoms with E-state index < -0.39 is 49.5 Å². The zero-order valence-electron chi connectivity index (χ0n) is 31.5. The van der Waals surface area contributed by atoms with Crippen molar-refractivity contribution in [3.63, 3.8) is 0 Å². The SMILES string of the molecule is CCCCCCCCCCCCCCCCCCCCCC/C=C/C(O)C(COC1OC(CO)C(O)C(O)C1O)NC(=O)CCCCCC. The fraction of sp³-hybridized carbons (Fsp3) is 0.925. The van der Waals surface area contributed by atoms with Crippen LogP contribution in [0.25, 0.3) is 0 Å². The molecule has 1 aliphatic heterocycles. The van der Waals surface area contributed by atoms with Gasteiger partial charge in [-0.3, -0.25) is 4.79 Å². The highest BCUT2D eigenvalue weighted by atomic mass is 16.7. The van der Waals surface area contributed by atoms with Gasteiger partial charge in [-0.25, -0.2) is 0 Å². The summed E-state index contributed by atoms with van der Waals surface area (Å²) in [6.45, 7) is 3.64. The van der Waals surface area contributed by atoms with Crippen LogP contribution in [-0.2, 0) is 14.3 Å². The molecule has 1 aliphatic rings. The van der Waals surface area contributed by atoms with Crippen LogP contribution >= 0.6 is 0 Å². The first-order valence-electron chi connectivity index (χ1n) is 20.4. The molecule has 0 bridgehead atoms. The lowest BCUT2D eigenvalue weighted by molar-refractivity contribution is -0.302. The highest BCUT2D eigenvalue weighted by Gasteiger charge is 2.44. The maximum absolute atomic E-state index is 12.6. The molecule has 0 spiro atoms. The molecule has 0 aliphatic carbocycles. The lowest BCUT2D eigenvalue weighted by Gasteiger charge is -2.40. The summed E-state index contributed by atoms with van der Waals surface area (Å²) in [7, 11) is 0. The quantitative estimate of drug-likeness (QED) is 0.0307. The Kier molecular flexibility index (Phi) is 29.7. The monoisotopic (exact) mass is 700 g/mol. The predicted molar refractivity (Wildman–Crippen MR) is 198 cm³/mol. The third-order valence-electron chi connectivity index (χ3n) is 9.86. The average Bonchev–Trinajstić information content (AvgIpc) is 3.10. The Hall–Kier alpha value is -1.07. The van der Waals surface area contributed by atoms with Crippen LogP contribution in [0, 0.1) is 0 Å². The smallest absolute Gasteiger partial charge is 0.220 e. The number of carbonyl (C=O) groups excluding carboxylic acids is 1. The second-order valence-corrected chi connectivity index (χ2v) is 14.4. The van der Waals surface area contributed by atoms with Crippen molar-refractivity contribution in [3.05, 3.63) is 12.2 Å². The van der Waals surface area contributed by atoms with Crippen molar-refractivity contribution in [1.82, 2.24) is 5.32 Å². The Labute approximate surface area is 299 Å². The molecule has 0 aromatic carbocycles. The lowest BCUT2D eigenvalue weighted by Crippen LogP contribution is -2.60.